The molecule has 0 fully saturated rings. The summed E-state index contributed by atoms with van der Waals surface area (Å²) in [5.74, 6) is 1.48. The predicted molar refractivity (Wildman–Crippen MR) is 126 cm³/mol. The topological polar surface area (TPSA) is 77.1 Å². The van der Waals surface area contributed by atoms with E-state index in [0.717, 1.165) is 11.3 Å². The third-order valence-corrected chi connectivity index (χ3v) is 5.17. The largest absolute Gasteiger partial charge is 0.492 e. The molecule has 1 heterocycles. The van der Waals surface area contributed by atoms with Crippen molar-refractivity contribution in [2.45, 2.75) is 20.0 Å². The number of nitrogens with one attached hydrogen (secondary N) is 1. The maximum Gasteiger partial charge on any atom is 0.267 e. The lowest BCUT2D eigenvalue weighted by atomic mass is 10.1. The van der Waals surface area contributed by atoms with Crippen LogP contribution in [0.1, 0.15) is 12.5 Å². The van der Waals surface area contributed by atoms with E-state index in [1.165, 1.54) is 0 Å². The van der Waals surface area contributed by atoms with Crippen molar-refractivity contribution in [3.63, 3.8) is 0 Å². The van der Waals surface area contributed by atoms with Crippen molar-refractivity contribution in [2.24, 2.45) is 0 Å². The number of aryl methyl sites for hydroxylation is 1. The van der Waals surface area contributed by atoms with Crippen LogP contribution in [0.3, 0.4) is 0 Å². The van der Waals surface area contributed by atoms with E-state index < -0.39 is 6.10 Å². The Bertz CT molecular complexity index is 1120. The van der Waals surface area contributed by atoms with Crippen LogP contribution in [-0.2, 0) is 9.59 Å². The highest BCUT2D eigenvalue weighted by Crippen LogP contribution is 2.36. The number of anilines is 2. The number of carbonyl (C=O) groups excluding carboxylic acids is 2. The average Bonchev–Trinajstić information content (AvgIpc) is 2.82. The molecular weight excluding hydrogens is 420 g/mol. The molecule has 0 aromatic heterocycles. The van der Waals surface area contributed by atoms with Crippen LogP contribution in [0.15, 0.2) is 72.8 Å². The van der Waals surface area contributed by atoms with Crippen molar-refractivity contribution in [3.8, 4) is 17.2 Å². The monoisotopic (exact) mass is 446 g/mol. The van der Waals surface area contributed by atoms with Gasteiger partial charge < -0.3 is 24.4 Å². The van der Waals surface area contributed by atoms with Crippen LogP contribution in [0.25, 0.3) is 0 Å². The predicted octanol–water partition coefficient (Wildman–Crippen LogP) is 4.21. The zero-order valence-electron chi connectivity index (χ0n) is 18.6. The van der Waals surface area contributed by atoms with Gasteiger partial charge in [0.15, 0.2) is 12.7 Å². The van der Waals surface area contributed by atoms with Crippen molar-refractivity contribution in [1.29, 1.82) is 0 Å². The molecule has 7 nitrogen and oxygen atoms in total. The number of benzene rings is 3. The third kappa shape index (κ3) is 5.63. The molecule has 0 radical (unpaired) electrons. The average molecular weight is 447 g/mol. The highest BCUT2D eigenvalue weighted by Gasteiger charge is 2.31. The van der Waals surface area contributed by atoms with E-state index in [4.69, 9.17) is 14.2 Å². The first-order chi connectivity index (χ1) is 16.0. The van der Waals surface area contributed by atoms with Crippen LogP contribution in [0.4, 0.5) is 11.4 Å². The molecular formula is C26H26N2O5. The molecule has 0 saturated carbocycles. The first-order valence-electron chi connectivity index (χ1n) is 10.8. The van der Waals surface area contributed by atoms with Crippen LogP contribution >= 0.6 is 0 Å². The molecule has 1 aliphatic rings. The lowest BCUT2D eigenvalue weighted by Gasteiger charge is -2.33. The van der Waals surface area contributed by atoms with Gasteiger partial charge in [0, 0.05) is 11.8 Å². The third-order valence-electron chi connectivity index (χ3n) is 5.17. The number of rotatable bonds is 8. The Morgan fingerprint density at radius 2 is 1.73 bits per heavy atom. The van der Waals surface area contributed by atoms with E-state index in [1.54, 1.807) is 42.2 Å². The maximum absolute atomic E-state index is 12.7. The smallest absolute Gasteiger partial charge is 0.267 e. The zero-order valence-corrected chi connectivity index (χ0v) is 18.6. The molecule has 0 aliphatic carbocycles. The molecule has 33 heavy (non-hydrogen) atoms. The lowest BCUT2D eigenvalue weighted by molar-refractivity contribution is -0.125. The molecule has 0 saturated heterocycles. The Kier molecular flexibility index (Phi) is 6.78. The van der Waals surface area contributed by atoms with Crippen molar-refractivity contribution in [3.05, 3.63) is 78.4 Å². The van der Waals surface area contributed by atoms with Crippen LogP contribution in [-0.4, -0.2) is 37.7 Å². The van der Waals surface area contributed by atoms with E-state index in [-0.39, 0.29) is 18.4 Å². The van der Waals surface area contributed by atoms with Crippen LogP contribution < -0.4 is 24.4 Å². The summed E-state index contributed by atoms with van der Waals surface area (Å²) >= 11 is 0. The fraction of sp³-hybridized carbons (Fsp3) is 0.231. The summed E-state index contributed by atoms with van der Waals surface area (Å²) in [5.41, 5.74) is 2.36. The highest BCUT2D eigenvalue weighted by atomic mass is 16.5. The molecule has 0 spiro atoms. The normalized spacial score (nSPS) is 14.8. The molecule has 2 amide bonds. The number of amides is 2. The van der Waals surface area contributed by atoms with Crippen molar-refractivity contribution >= 4 is 23.2 Å². The van der Waals surface area contributed by atoms with Gasteiger partial charge in [0.1, 0.15) is 23.9 Å². The second kappa shape index (κ2) is 10.1. The van der Waals surface area contributed by atoms with Crippen LogP contribution in [0, 0.1) is 6.92 Å². The Hall–Kier alpha value is -4.00. The van der Waals surface area contributed by atoms with Crippen molar-refractivity contribution in [1.82, 2.24) is 0 Å². The van der Waals surface area contributed by atoms with E-state index in [9.17, 15) is 9.59 Å². The number of hydrogen-bond acceptors (Lipinski definition) is 5. The van der Waals surface area contributed by atoms with Gasteiger partial charge in [0.05, 0.1) is 12.2 Å². The first-order valence-corrected chi connectivity index (χ1v) is 10.8. The number of carbonyl (C=O) groups is 2. The number of para-hydroxylation sites is 1. The minimum atomic E-state index is -0.635. The molecule has 3 aromatic carbocycles. The molecule has 1 aliphatic heterocycles. The van der Waals surface area contributed by atoms with E-state index in [1.807, 2.05) is 49.4 Å². The number of ether oxygens (including phenoxy) is 3. The molecule has 170 valence electrons. The summed E-state index contributed by atoms with van der Waals surface area (Å²) in [6.45, 7) is 4.33. The Labute approximate surface area is 192 Å². The van der Waals surface area contributed by atoms with E-state index in [0.29, 0.717) is 36.0 Å². The number of fused-ring (bicyclic) bond motifs is 1. The van der Waals surface area contributed by atoms with Gasteiger partial charge in [-0.1, -0.05) is 35.9 Å². The standard InChI is InChI=1S/C26H26N2O5/c1-18-8-11-22(12-9-18)31-15-14-28-23-13-10-20(16-24(23)33-19(2)26(28)30)27-25(29)17-32-21-6-4-3-5-7-21/h3-13,16,19H,14-15,17H2,1-2H3,(H,27,29). The molecule has 7 heteroatoms. The van der Waals surface area contributed by atoms with Gasteiger partial charge in [-0.05, 0) is 50.2 Å². The second-order valence-corrected chi connectivity index (χ2v) is 7.74. The molecule has 1 atom stereocenters. The Morgan fingerprint density at radius 3 is 2.48 bits per heavy atom. The fourth-order valence-corrected chi connectivity index (χ4v) is 3.47. The van der Waals surface area contributed by atoms with Crippen LogP contribution in [0.5, 0.6) is 17.2 Å². The first kappa shape index (κ1) is 22.2. The van der Waals surface area contributed by atoms with E-state index >= 15 is 0 Å². The molecule has 1 unspecified atom stereocenters. The van der Waals surface area contributed by atoms with Crippen molar-refractivity contribution in [2.75, 3.05) is 30.0 Å². The van der Waals surface area contributed by atoms with Gasteiger partial charge in [-0.15, -0.1) is 0 Å². The summed E-state index contributed by atoms with van der Waals surface area (Å²) in [5, 5.41) is 2.80. The minimum Gasteiger partial charge on any atom is -0.492 e. The van der Waals surface area contributed by atoms with Gasteiger partial charge in [-0.3, -0.25) is 9.59 Å². The SMILES string of the molecule is Cc1ccc(OCCN2C(=O)C(C)Oc3cc(NC(=O)COc4ccccc4)ccc32)cc1. The second-order valence-electron chi connectivity index (χ2n) is 7.74. The Morgan fingerprint density at radius 1 is 1.00 bits per heavy atom. The fourth-order valence-electron chi connectivity index (χ4n) is 3.47. The molecule has 0 bridgehead atoms. The maximum atomic E-state index is 12.7. The summed E-state index contributed by atoms with van der Waals surface area (Å²) in [6, 6.07) is 22.1. The highest BCUT2D eigenvalue weighted by molar-refractivity contribution is 6.00. The quantitative estimate of drug-likeness (QED) is 0.561. The van der Waals surface area contributed by atoms with Gasteiger partial charge in [-0.2, -0.15) is 0 Å². The zero-order chi connectivity index (χ0) is 23.2. The molecule has 3 aromatic rings. The molecule has 1 N–H and O–H groups in total. The van der Waals surface area contributed by atoms with Crippen LogP contribution in [0.2, 0.25) is 0 Å². The van der Waals surface area contributed by atoms with Crippen molar-refractivity contribution < 1.29 is 23.8 Å². The number of hydrogen-bond donors (Lipinski definition) is 1. The number of nitrogens with zero attached hydrogens (tertiary/aromatic N) is 1. The minimum absolute atomic E-state index is 0.112. The summed E-state index contributed by atoms with van der Waals surface area (Å²) in [7, 11) is 0. The van der Waals surface area contributed by atoms with Gasteiger partial charge in [0.2, 0.25) is 0 Å². The summed E-state index contributed by atoms with van der Waals surface area (Å²) in [4.78, 5) is 26.6. The molecule has 4 rings (SSSR count). The Balaban J connectivity index is 1.38. The summed E-state index contributed by atoms with van der Waals surface area (Å²) < 4.78 is 17.1. The van der Waals surface area contributed by atoms with Gasteiger partial charge in [-0.25, -0.2) is 0 Å². The van der Waals surface area contributed by atoms with Gasteiger partial charge in [0.25, 0.3) is 11.8 Å². The van der Waals surface area contributed by atoms with E-state index in [2.05, 4.69) is 5.32 Å². The lowest BCUT2D eigenvalue weighted by Crippen LogP contribution is -2.46. The summed E-state index contributed by atoms with van der Waals surface area (Å²) in [6.07, 6.45) is -0.635. The van der Waals surface area contributed by atoms with Gasteiger partial charge >= 0.3 is 0 Å².